The fourth-order valence-corrected chi connectivity index (χ4v) is 6.14. The summed E-state index contributed by atoms with van der Waals surface area (Å²) in [4.78, 5) is 22.7. The Morgan fingerprint density at radius 3 is 2.60 bits per heavy atom. The third kappa shape index (κ3) is 3.06. The van der Waals surface area contributed by atoms with E-state index in [1.54, 1.807) is 18.4 Å². The SMILES string of the molecule is COc1c(Br)cc(-c2nc3sc4c(c3c(=O)[nH]2)CCCCC4)cc1Br. The summed E-state index contributed by atoms with van der Waals surface area (Å²) < 4.78 is 6.96. The molecule has 130 valence electrons. The van der Waals surface area contributed by atoms with E-state index in [1.165, 1.54) is 23.3 Å². The van der Waals surface area contributed by atoms with Crippen LogP contribution in [-0.4, -0.2) is 17.1 Å². The largest absolute Gasteiger partial charge is 0.494 e. The van der Waals surface area contributed by atoms with Gasteiger partial charge in [-0.25, -0.2) is 4.98 Å². The van der Waals surface area contributed by atoms with Crippen molar-refractivity contribution >= 4 is 53.4 Å². The number of methoxy groups -OCH3 is 1. The maximum atomic E-state index is 12.8. The number of aryl methyl sites for hydroxylation is 2. The molecule has 0 aliphatic heterocycles. The molecular formula is C18H16Br2N2O2S. The van der Waals surface area contributed by atoms with E-state index in [2.05, 4.69) is 36.8 Å². The Morgan fingerprint density at radius 1 is 1.16 bits per heavy atom. The van der Waals surface area contributed by atoms with Gasteiger partial charge in [-0.3, -0.25) is 4.79 Å². The van der Waals surface area contributed by atoms with Crippen LogP contribution in [0.25, 0.3) is 21.6 Å². The molecule has 0 saturated heterocycles. The van der Waals surface area contributed by atoms with Crippen molar-refractivity contribution in [1.29, 1.82) is 0 Å². The molecule has 25 heavy (non-hydrogen) atoms. The fraction of sp³-hybridized carbons (Fsp3) is 0.333. The van der Waals surface area contributed by atoms with Crippen LogP contribution in [0.15, 0.2) is 25.9 Å². The van der Waals surface area contributed by atoms with Crippen molar-refractivity contribution in [3.05, 3.63) is 41.9 Å². The summed E-state index contributed by atoms with van der Waals surface area (Å²) in [5.41, 5.74) is 2.01. The molecule has 0 amide bonds. The number of hydrogen-bond acceptors (Lipinski definition) is 4. The minimum absolute atomic E-state index is 0.0394. The molecule has 1 aromatic carbocycles. The fourth-order valence-electron chi connectivity index (χ4n) is 3.37. The summed E-state index contributed by atoms with van der Waals surface area (Å²) in [5, 5.41) is 0.789. The van der Waals surface area contributed by atoms with E-state index < -0.39 is 0 Å². The lowest BCUT2D eigenvalue weighted by Crippen LogP contribution is -2.10. The maximum Gasteiger partial charge on any atom is 0.260 e. The van der Waals surface area contributed by atoms with E-state index in [9.17, 15) is 4.79 Å². The number of nitrogens with one attached hydrogen (secondary N) is 1. The Morgan fingerprint density at radius 2 is 1.88 bits per heavy atom. The highest BCUT2D eigenvalue weighted by Crippen LogP contribution is 2.38. The van der Waals surface area contributed by atoms with E-state index in [4.69, 9.17) is 9.72 Å². The molecule has 3 aromatic rings. The molecule has 0 saturated carbocycles. The van der Waals surface area contributed by atoms with E-state index in [0.717, 1.165) is 49.7 Å². The first kappa shape index (κ1) is 17.2. The van der Waals surface area contributed by atoms with Crippen LogP contribution in [0.1, 0.15) is 29.7 Å². The molecule has 7 heteroatoms. The van der Waals surface area contributed by atoms with Crippen molar-refractivity contribution in [2.75, 3.05) is 7.11 Å². The van der Waals surface area contributed by atoms with Crippen molar-refractivity contribution < 1.29 is 4.74 Å². The highest BCUT2D eigenvalue weighted by atomic mass is 79.9. The number of fused-ring (bicyclic) bond motifs is 3. The van der Waals surface area contributed by atoms with Gasteiger partial charge in [-0.1, -0.05) is 6.42 Å². The topological polar surface area (TPSA) is 55.0 Å². The molecule has 0 unspecified atom stereocenters. The smallest absolute Gasteiger partial charge is 0.260 e. The van der Waals surface area contributed by atoms with Crippen LogP contribution in [0.2, 0.25) is 0 Å². The summed E-state index contributed by atoms with van der Waals surface area (Å²) in [7, 11) is 1.62. The molecular weight excluding hydrogens is 468 g/mol. The van der Waals surface area contributed by atoms with Crippen molar-refractivity contribution in [2.45, 2.75) is 32.1 Å². The van der Waals surface area contributed by atoms with Gasteiger partial charge in [-0.2, -0.15) is 0 Å². The van der Waals surface area contributed by atoms with Gasteiger partial charge in [0.25, 0.3) is 5.56 Å². The molecule has 4 nitrogen and oxygen atoms in total. The lowest BCUT2D eigenvalue weighted by Gasteiger charge is -2.09. The van der Waals surface area contributed by atoms with Crippen molar-refractivity contribution in [1.82, 2.24) is 9.97 Å². The standard InChI is InChI=1S/C18H16Br2N2O2S/c1-24-15-11(19)7-9(8-12(15)20)16-21-17(23)14-10-5-3-2-4-6-13(10)25-18(14)22-16/h7-8H,2-6H2,1H3,(H,21,22,23). The Bertz CT molecular complexity index is 1000. The Labute approximate surface area is 165 Å². The number of aromatic nitrogens is 2. The molecule has 0 bridgehead atoms. The summed E-state index contributed by atoms with van der Waals surface area (Å²) in [6.07, 6.45) is 5.63. The Kier molecular flexibility index (Phi) is 4.73. The predicted octanol–water partition coefficient (Wildman–Crippen LogP) is 5.45. The number of ether oxygens (including phenoxy) is 1. The molecule has 0 atom stereocenters. The number of rotatable bonds is 2. The molecule has 2 aromatic heterocycles. The number of halogens is 2. The first-order valence-electron chi connectivity index (χ1n) is 8.16. The molecule has 1 aliphatic rings. The summed E-state index contributed by atoms with van der Waals surface area (Å²) in [5.74, 6) is 1.30. The van der Waals surface area contributed by atoms with Crippen LogP contribution >= 0.6 is 43.2 Å². The van der Waals surface area contributed by atoms with Gasteiger partial charge in [0.15, 0.2) is 0 Å². The Hall–Kier alpha value is -1.18. The average molecular weight is 484 g/mol. The number of hydrogen-bond donors (Lipinski definition) is 1. The highest BCUT2D eigenvalue weighted by Gasteiger charge is 2.20. The molecule has 0 fully saturated rings. The second-order valence-electron chi connectivity index (χ2n) is 6.13. The molecule has 1 N–H and O–H groups in total. The van der Waals surface area contributed by atoms with Crippen molar-refractivity contribution in [3.63, 3.8) is 0 Å². The number of thiophene rings is 1. The van der Waals surface area contributed by atoms with Crippen molar-refractivity contribution in [2.24, 2.45) is 0 Å². The summed E-state index contributed by atoms with van der Waals surface area (Å²) >= 11 is 8.69. The van der Waals surface area contributed by atoms with E-state index in [1.807, 2.05) is 12.1 Å². The van der Waals surface area contributed by atoms with Crippen LogP contribution in [0.4, 0.5) is 0 Å². The van der Waals surface area contributed by atoms with E-state index >= 15 is 0 Å². The minimum atomic E-state index is -0.0394. The monoisotopic (exact) mass is 482 g/mol. The maximum absolute atomic E-state index is 12.8. The second-order valence-corrected chi connectivity index (χ2v) is 8.92. The second kappa shape index (κ2) is 6.85. The lowest BCUT2D eigenvalue weighted by molar-refractivity contribution is 0.409. The zero-order chi connectivity index (χ0) is 17.6. The lowest BCUT2D eigenvalue weighted by atomic mass is 10.1. The van der Waals surface area contributed by atoms with Crippen LogP contribution in [0, 0.1) is 0 Å². The van der Waals surface area contributed by atoms with Gasteiger partial charge in [0.05, 0.1) is 21.4 Å². The van der Waals surface area contributed by atoms with Gasteiger partial charge in [0.1, 0.15) is 16.4 Å². The molecule has 0 spiro atoms. The first-order chi connectivity index (χ1) is 12.1. The van der Waals surface area contributed by atoms with Crippen LogP contribution in [0.3, 0.4) is 0 Å². The third-order valence-electron chi connectivity index (χ3n) is 4.55. The molecule has 4 rings (SSSR count). The third-order valence-corrected chi connectivity index (χ3v) is 6.91. The predicted molar refractivity (Wildman–Crippen MR) is 109 cm³/mol. The number of H-pyrrole nitrogens is 1. The summed E-state index contributed by atoms with van der Waals surface area (Å²) in [6, 6.07) is 3.82. The minimum Gasteiger partial charge on any atom is -0.494 e. The number of benzene rings is 1. The van der Waals surface area contributed by atoms with Crippen molar-refractivity contribution in [3.8, 4) is 17.1 Å². The zero-order valence-corrected chi connectivity index (χ0v) is 17.6. The van der Waals surface area contributed by atoms with Crippen LogP contribution < -0.4 is 10.3 Å². The quantitative estimate of drug-likeness (QED) is 0.492. The van der Waals surface area contributed by atoms with Gasteiger partial charge >= 0.3 is 0 Å². The number of aromatic amines is 1. The molecule has 1 aliphatic carbocycles. The van der Waals surface area contributed by atoms with Gasteiger partial charge in [0, 0.05) is 10.4 Å². The zero-order valence-electron chi connectivity index (χ0n) is 13.6. The van der Waals surface area contributed by atoms with E-state index in [0.29, 0.717) is 5.82 Å². The van der Waals surface area contributed by atoms with Crippen LogP contribution in [-0.2, 0) is 12.8 Å². The van der Waals surface area contributed by atoms with Gasteiger partial charge in [0.2, 0.25) is 0 Å². The molecule has 0 radical (unpaired) electrons. The first-order valence-corrected chi connectivity index (χ1v) is 10.6. The highest BCUT2D eigenvalue weighted by molar-refractivity contribution is 9.11. The van der Waals surface area contributed by atoms with Crippen LogP contribution in [0.5, 0.6) is 5.75 Å². The average Bonchev–Trinajstić information content (AvgIpc) is 2.77. The van der Waals surface area contributed by atoms with Gasteiger partial charge < -0.3 is 9.72 Å². The van der Waals surface area contributed by atoms with Gasteiger partial charge in [-0.05, 0) is 75.2 Å². The number of nitrogens with zero attached hydrogens (tertiary/aromatic N) is 1. The Balaban J connectivity index is 1.89. The van der Waals surface area contributed by atoms with E-state index in [-0.39, 0.29) is 5.56 Å². The normalized spacial score (nSPS) is 14.4. The molecule has 2 heterocycles. The van der Waals surface area contributed by atoms with Gasteiger partial charge in [-0.15, -0.1) is 11.3 Å². The summed E-state index contributed by atoms with van der Waals surface area (Å²) in [6.45, 7) is 0.